The van der Waals surface area contributed by atoms with Crippen LogP contribution in [0.2, 0.25) is 0 Å². The van der Waals surface area contributed by atoms with E-state index in [1.54, 1.807) is 18.5 Å². The van der Waals surface area contributed by atoms with E-state index < -0.39 is 0 Å². The standard InChI is InChI=1S/C14H12FN3/c15-11-7-10(8-16)5-6-13(11)18-9-17-12-3-1-2-4-14(12)18/h5-7,9H,1-4H2. The molecule has 18 heavy (non-hydrogen) atoms. The molecule has 0 N–H and O–H groups in total. The van der Waals surface area contributed by atoms with Crippen molar-refractivity contribution in [3.8, 4) is 11.8 Å². The van der Waals surface area contributed by atoms with E-state index in [0.29, 0.717) is 11.3 Å². The van der Waals surface area contributed by atoms with E-state index in [2.05, 4.69) is 4.98 Å². The van der Waals surface area contributed by atoms with Gasteiger partial charge in [-0.25, -0.2) is 9.37 Å². The van der Waals surface area contributed by atoms with E-state index in [1.165, 1.54) is 6.07 Å². The topological polar surface area (TPSA) is 41.6 Å². The van der Waals surface area contributed by atoms with Gasteiger partial charge < -0.3 is 4.57 Å². The number of aromatic nitrogens is 2. The van der Waals surface area contributed by atoms with Gasteiger partial charge in [-0.15, -0.1) is 0 Å². The number of hydrogen-bond acceptors (Lipinski definition) is 2. The number of aryl methyl sites for hydroxylation is 1. The number of halogens is 1. The Balaban J connectivity index is 2.10. The second-order valence-electron chi connectivity index (χ2n) is 4.49. The Morgan fingerprint density at radius 1 is 1.28 bits per heavy atom. The summed E-state index contributed by atoms with van der Waals surface area (Å²) in [6.07, 6.45) is 5.87. The lowest BCUT2D eigenvalue weighted by Gasteiger charge is -2.14. The van der Waals surface area contributed by atoms with E-state index in [9.17, 15) is 4.39 Å². The lowest BCUT2D eigenvalue weighted by atomic mass is 10.0. The molecule has 90 valence electrons. The molecule has 0 spiro atoms. The van der Waals surface area contributed by atoms with E-state index in [4.69, 9.17) is 5.26 Å². The number of nitriles is 1. The van der Waals surface area contributed by atoms with Crippen LogP contribution in [0.3, 0.4) is 0 Å². The molecule has 3 rings (SSSR count). The van der Waals surface area contributed by atoms with Gasteiger partial charge in [-0.2, -0.15) is 5.26 Å². The molecule has 0 radical (unpaired) electrons. The van der Waals surface area contributed by atoms with Crippen LogP contribution in [0.1, 0.15) is 29.8 Å². The summed E-state index contributed by atoms with van der Waals surface area (Å²) in [6, 6.07) is 6.48. The molecule has 2 aromatic rings. The van der Waals surface area contributed by atoms with Crippen LogP contribution in [-0.2, 0) is 12.8 Å². The molecular formula is C14H12FN3. The van der Waals surface area contributed by atoms with Crippen LogP contribution in [0, 0.1) is 17.1 Å². The highest BCUT2D eigenvalue weighted by Crippen LogP contribution is 2.24. The minimum atomic E-state index is -0.375. The van der Waals surface area contributed by atoms with Gasteiger partial charge in [0.15, 0.2) is 0 Å². The molecule has 0 fully saturated rings. The summed E-state index contributed by atoms with van der Waals surface area (Å²) in [5.74, 6) is -0.375. The molecule has 0 bridgehead atoms. The Morgan fingerprint density at radius 3 is 2.89 bits per heavy atom. The molecule has 0 amide bonds. The fraction of sp³-hybridized carbons (Fsp3) is 0.286. The first-order chi connectivity index (χ1) is 8.79. The molecule has 0 unspecified atom stereocenters. The number of hydrogen-bond donors (Lipinski definition) is 0. The van der Waals surface area contributed by atoms with Gasteiger partial charge in [0.25, 0.3) is 0 Å². The van der Waals surface area contributed by atoms with Crippen molar-refractivity contribution >= 4 is 0 Å². The average Bonchev–Trinajstić information content (AvgIpc) is 2.82. The van der Waals surface area contributed by atoms with Crippen molar-refractivity contribution in [3.05, 3.63) is 47.3 Å². The lowest BCUT2D eigenvalue weighted by Crippen LogP contribution is -2.08. The van der Waals surface area contributed by atoms with Gasteiger partial charge in [0.05, 0.1) is 29.3 Å². The molecule has 0 saturated heterocycles. The van der Waals surface area contributed by atoms with Crippen molar-refractivity contribution in [2.24, 2.45) is 0 Å². The molecule has 1 aromatic heterocycles. The third-order valence-electron chi connectivity index (χ3n) is 3.37. The van der Waals surface area contributed by atoms with Crippen LogP contribution in [0.5, 0.6) is 0 Å². The summed E-state index contributed by atoms with van der Waals surface area (Å²) < 4.78 is 15.8. The summed E-state index contributed by atoms with van der Waals surface area (Å²) in [5, 5.41) is 8.74. The van der Waals surface area contributed by atoms with E-state index >= 15 is 0 Å². The van der Waals surface area contributed by atoms with Crippen molar-refractivity contribution in [1.29, 1.82) is 5.26 Å². The van der Waals surface area contributed by atoms with E-state index in [-0.39, 0.29) is 5.82 Å². The molecule has 1 aromatic carbocycles. The Kier molecular flexibility index (Phi) is 2.60. The largest absolute Gasteiger partial charge is 0.300 e. The Hall–Kier alpha value is -2.15. The van der Waals surface area contributed by atoms with Crippen LogP contribution < -0.4 is 0 Å². The molecule has 0 aliphatic heterocycles. The Labute approximate surface area is 105 Å². The summed E-state index contributed by atoms with van der Waals surface area (Å²) in [5.41, 5.74) is 2.99. The van der Waals surface area contributed by atoms with Gasteiger partial charge in [0.2, 0.25) is 0 Å². The van der Waals surface area contributed by atoms with E-state index in [0.717, 1.165) is 37.1 Å². The molecule has 1 aliphatic rings. The highest BCUT2D eigenvalue weighted by molar-refractivity contribution is 5.42. The fourth-order valence-corrected chi connectivity index (χ4v) is 2.45. The van der Waals surface area contributed by atoms with Gasteiger partial charge in [0.1, 0.15) is 5.82 Å². The summed E-state index contributed by atoms with van der Waals surface area (Å²) in [6.45, 7) is 0. The molecule has 1 aliphatic carbocycles. The summed E-state index contributed by atoms with van der Waals surface area (Å²) in [7, 11) is 0. The zero-order valence-corrected chi connectivity index (χ0v) is 9.86. The van der Waals surface area contributed by atoms with Crippen LogP contribution >= 0.6 is 0 Å². The summed E-state index contributed by atoms with van der Waals surface area (Å²) >= 11 is 0. The number of benzene rings is 1. The highest BCUT2D eigenvalue weighted by atomic mass is 19.1. The maximum Gasteiger partial charge on any atom is 0.148 e. The molecule has 1 heterocycles. The number of imidazole rings is 1. The van der Waals surface area contributed by atoms with E-state index in [1.807, 2.05) is 10.6 Å². The molecular weight excluding hydrogens is 229 g/mol. The summed E-state index contributed by atoms with van der Waals surface area (Å²) in [4.78, 5) is 4.35. The second kappa shape index (κ2) is 4.26. The molecule has 4 heteroatoms. The van der Waals surface area contributed by atoms with Gasteiger partial charge in [-0.3, -0.25) is 0 Å². The minimum absolute atomic E-state index is 0.338. The van der Waals surface area contributed by atoms with Gasteiger partial charge in [-0.1, -0.05) is 0 Å². The Morgan fingerprint density at radius 2 is 2.11 bits per heavy atom. The van der Waals surface area contributed by atoms with Gasteiger partial charge in [0, 0.05) is 5.69 Å². The quantitative estimate of drug-likeness (QED) is 0.770. The van der Waals surface area contributed by atoms with Gasteiger partial charge >= 0.3 is 0 Å². The van der Waals surface area contributed by atoms with Crippen LogP contribution in [0.25, 0.3) is 5.69 Å². The number of fused-ring (bicyclic) bond motifs is 1. The predicted molar refractivity (Wildman–Crippen MR) is 64.9 cm³/mol. The molecule has 3 nitrogen and oxygen atoms in total. The zero-order chi connectivity index (χ0) is 12.5. The second-order valence-corrected chi connectivity index (χ2v) is 4.49. The van der Waals surface area contributed by atoms with Crippen molar-refractivity contribution in [2.45, 2.75) is 25.7 Å². The monoisotopic (exact) mass is 241 g/mol. The maximum atomic E-state index is 14.0. The Bertz CT molecular complexity index is 637. The SMILES string of the molecule is N#Cc1ccc(-n2cnc3c2CCCC3)c(F)c1. The molecule has 0 saturated carbocycles. The zero-order valence-electron chi connectivity index (χ0n) is 9.86. The first kappa shape index (κ1) is 11.0. The average molecular weight is 241 g/mol. The first-order valence-corrected chi connectivity index (χ1v) is 6.04. The third kappa shape index (κ3) is 1.68. The highest BCUT2D eigenvalue weighted by Gasteiger charge is 2.17. The lowest BCUT2D eigenvalue weighted by molar-refractivity contribution is 0.608. The third-order valence-corrected chi connectivity index (χ3v) is 3.37. The predicted octanol–water partition coefficient (Wildman–Crippen LogP) is 2.76. The van der Waals surface area contributed by atoms with Crippen molar-refractivity contribution < 1.29 is 4.39 Å². The normalized spacial score (nSPS) is 14.0. The number of nitrogens with zero attached hydrogens (tertiary/aromatic N) is 3. The van der Waals surface area contributed by atoms with Crippen molar-refractivity contribution in [3.63, 3.8) is 0 Å². The molecule has 0 atom stereocenters. The fourth-order valence-electron chi connectivity index (χ4n) is 2.45. The van der Waals surface area contributed by atoms with Crippen molar-refractivity contribution in [1.82, 2.24) is 9.55 Å². The van der Waals surface area contributed by atoms with Crippen LogP contribution in [0.15, 0.2) is 24.5 Å². The van der Waals surface area contributed by atoms with Crippen LogP contribution in [0.4, 0.5) is 4.39 Å². The smallest absolute Gasteiger partial charge is 0.148 e. The van der Waals surface area contributed by atoms with Crippen molar-refractivity contribution in [2.75, 3.05) is 0 Å². The first-order valence-electron chi connectivity index (χ1n) is 6.04. The van der Waals surface area contributed by atoms with Crippen LogP contribution in [-0.4, -0.2) is 9.55 Å². The maximum absolute atomic E-state index is 14.0. The number of rotatable bonds is 1. The minimum Gasteiger partial charge on any atom is -0.300 e. The van der Waals surface area contributed by atoms with Gasteiger partial charge in [-0.05, 0) is 43.9 Å².